The number of benzene rings is 1. The lowest BCUT2D eigenvalue weighted by Gasteiger charge is -2.16. The lowest BCUT2D eigenvalue weighted by atomic mass is 10.0. The molecule has 0 fully saturated rings. The van der Waals surface area contributed by atoms with E-state index < -0.39 is 6.10 Å². The highest BCUT2D eigenvalue weighted by atomic mass is 127. The molecule has 3 nitrogen and oxygen atoms in total. The molecule has 0 amide bonds. The number of rotatable bonds is 4. The third-order valence-electron chi connectivity index (χ3n) is 2.98. The Hall–Kier alpha value is -0.880. The summed E-state index contributed by atoms with van der Waals surface area (Å²) in [6, 6.07) is 7.90. The van der Waals surface area contributed by atoms with Crippen molar-refractivity contribution in [2.24, 2.45) is 0 Å². The molecule has 0 bridgehead atoms. The molecule has 1 atom stereocenters. The topological polar surface area (TPSA) is 38.0 Å². The van der Waals surface area contributed by atoms with E-state index in [0.29, 0.717) is 0 Å². The van der Waals surface area contributed by atoms with E-state index >= 15 is 0 Å². The second-order valence-electron chi connectivity index (χ2n) is 4.36. The minimum absolute atomic E-state index is 0.606. The number of aryl methyl sites for hydroxylation is 2. The Morgan fingerprint density at radius 2 is 2.17 bits per heavy atom. The minimum atomic E-state index is -0.606. The lowest BCUT2D eigenvalue weighted by molar-refractivity contribution is 0.206. The van der Waals surface area contributed by atoms with Crippen molar-refractivity contribution in [3.05, 3.63) is 50.9 Å². The Labute approximate surface area is 121 Å². The van der Waals surface area contributed by atoms with Crippen LogP contribution in [0.5, 0.6) is 0 Å². The van der Waals surface area contributed by atoms with Gasteiger partial charge in [0.2, 0.25) is 0 Å². The highest BCUT2D eigenvalue weighted by Crippen LogP contribution is 2.27. The van der Waals surface area contributed by atoms with Crippen molar-refractivity contribution in [3.8, 4) is 0 Å². The third kappa shape index (κ3) is 2.59. The Morgan fingerprint density at radius 3 is 2.89 bits per heavy atom. The van der Waals surface area contributed by atoms with E-state index in [4.69, 9.17) is 0 Å². The number of aromatic nitrogens is 2. The van der Waals surface area contributed by atoms with Gasteiger partial charge in [0.25, 0.3) is 0 Å². The fourth-order valence-electron chi connectivity index (χ4n) is 2.01. The van der Waals surface area contributed by atoms with E-state index in [1.807, 2.05) is 22.9 Å². The fraction of sp³-hybridized carbons (Fsp3) is 0.357. The Kier molecular flexibility index (Phi) is 4.40. The zero-order valence-electron chi connectivity index (χ0n) is 10.6. The molecule has 0 saturated carbocycles. The van der Waals surface area contributed by atoms with Gasteiger partial charge in [0, 0.05) is 21.9 Å². The van der Waals surface area contributed by atoms with Gasteiger partial charge in [0.05, 0.1) is 5.69 Å². The molecule has 2 aromatic rings. The maximum atomic E-state index is 10.5. The van der Waals surface area contributed by atoms with Crippen molar-refractivity contribution in [2.75, 3.05) is 0 Å². The molecular weight excluding hydrogens is 339 g/mol. The van der Waals surface area contributed by atoms with Gasteiger partial charge in [-0.25, -0.2) is 0 Å². The Balaban J connectivity index is 2.38. The van der Waals surface area contributed by atoms with Gasteiger partial charge in [-0.15, -0.1) is 0 Å². The molecule has 1 aromatic carbocycles. The van der Waals surface area contributed by atoms with E-state index in [-0.39, 0.29) is 0 Å². The van der Waals surface area contributed by atoms with Gasteiger partial charge in [-0.3, -0.25) is 4.68 Å². The first-order chi connectivity index (χ1) is 8.65. The summed E-state index contributed by atoms with van der Waals surface area (Å²) in [7, 11) is 0. The van der Waals surface area contributed by atoms with E-state index in [9.17, 15) is 5.11 Å². The molecule has 1 heterocycles. The normalized spacial score (nSPS) is 12.7. The molecule has 0 radical (unpaired) electrons. The standard InChI is InChI=1S/C14H17IN2O/c1-3-9-17-12(7-8-16-17)14(18)11-6-4-5-10(2)13(11)15/h4-8,14,18H,3,9H2,1-2H3. The molecule has 96 valence electrons. The first-order valence-electron chi connectivity index (χ1n) is 6.10. The molecule has 0 spiro atoms. The van der Waals surface area contributed by atoms with Crippen LogP contribution in [0, 0.1) is 10.5 Å². The highest BCUT2D eigenvalue weighted by Gasteiger charge is 2.18. The predicted octanol–water partition coefficient (Wildman–Crippen LogP) is 3.29. The zero-order chi connectivity index (χ0) is 13.1. The minimum Gasteiger partial charge on any atom is -0.382 e. The summed E-state index contributed by atoms with van der Waals surface area (Å²) in [5.41, 5.74) is 3.00. The van der Waals surface area contributed by atoms with Crippen LogP contribution in [0.2, 0.25) is 0 Å². The van der Waals surface area contributed by atoms with Crippen molar-refractivity contribution in [3.63, 3.8) is 0 Å². The van der Waals surface area contributed by atoms with E-state index in [0.717, 1.165) is 27.8 Å². The SMILES string of the molecule is CCCn1nccc1C(O)c1cccc(C)c1I. The van der Waals surface area contributed by atoms with Gasteiger partial charge >= 0.3 is 0 Å². The third-order valence-corrected chi connectivity index (χ3v) is 4.45. The quantitative estimate of drug-likeness (QED) is 0.854. The molecule has 1 aromatic heterocycles. The van der Waals surface area contributed by atoms with E-state index in [2.05, 4.69) is 47.6 Å². The molecule has 0 aliphatic heterocycles. The summed E-state index contributed by atoms with van der Waals surface area (Å²) in [5, 5.41) is 14.8. The van der Waals surface area contributed by atoms with Crippen molar-refractivity contribution < 1.29 is 5.11 Å². The average Bonchev–Trinajstić information content (AvgIpc) is 2.80. The van der Waals surface area contributed by atoms with Crippen LogP contribution in [0.25, 0.3) is 0 Å². The first-order valence-corrected chi connectivity index (χ1v) is 7.17. The van der Waals surface area contributed by atoms with Crippen molar-refractivity contribution in [2.45, 2.75) is 32.9 Å². The van der Waals surface area contributed by atoms with E-state index in [1.165, 1.54) is 5.56 Å². The Morgan fingerprint density at radius 1 is 1.39 bits per heavy atom. The summed E-state index contributed by atoms with van der Waals surface area (Å²) in [5.74, 6) is 0. The van der Waals surface area contributed by atoms with Gasteiger partial charge in [-0.05, 0) is 47.6 Å². The molecule has 0 aliphatic rings. The molecule has 0 aliphatic carbocycles. The molecular formula is C14H17IN2O. The number of nitrogens with zero attached hydrogens (tertiary/aromatic N) is 2. The van der Waals surface area contributed by atoms with Crippen LogP contribution in [0.15, 0.2) is 30.5 Å². The predicted molar refractivity (Wildman–Crippen MR) is 80.5 cm³/mol. The molecule has 1 unspecified atom stereocenters. The molecule has 4 heteroatoms. The average molecular weight is 356 g/mol. The van der Waals surface area contributed by atoms with Crippen LogP contribution < -0.4 is 0 Å². The molecule has 18 heavy (non-hydrogen) atoms. The first kappa shape index (κ1) is 13.5. The van der Waals surface area contributed by atoms with Crippen LogP contribution in [0.3, 0.4) is 0 Å². The van der Waals surface area contributed by atoms with Gasteiger partial charge in [-0.1, -0.05) is 25.1 Å². The maximum absolute atomic E-state index is 10.5. The summed E-state index contributed by atoms with van der Waals surface area (Å²) in [4.78, 5) is 0. The van der Waals surface area contributed by atoms with Crippen LogP contribution in [0.4, 0.5) is 0 Å². The monoisotopic (exact) mass is 356 g/mol. The number of aliphatic hydroxyl groups is 1. The van der Waals surface area contributed by atoms with Gasteiger partial charge in [-0.2, -0.15) is 5.10 Å². The second-order valence-corrected chi connectivity index (χ2v) is 5.44. The lowest BCUT2D eigenvalue weighted by Crippen LogP contribution is -2.11. The smallest absolute Gasteiger partial charge is 0.122 e. The summed E-state index contributed by atoms with van der Waals surface area (Å²) < 4.78 is 3.00. The molecule has 2 rings (SSSR count). The highest BCUT2D eigenvalue weighted by molar-refractivity contribution is 14.1. The van der Waals surface area contributed by atoms with Crippen LogP contribution in [-0.2, 0) is 6.54 Å². The van der Waals surface area contributed by atoms with Gasteiger partial charge in [0.15, 0.2) is 0 Å². The zero-order valence-corrected chi connectivity index (χ0v) is 12.8. The molecule has 1 N–H and O–H groups in total. The second kappa shape index (κ2) is 5.84. The Bertz CT molecular complexity index is 536. The van der Waals surface area contributed by atoms with Crippen LogP contribution in [0.1, 0.15) is 36.3 Å². The van der Waals surface area contributed by atoms with Crippen LogP contribution in [-0.4, -0.2) is 14.9 Å². The van der Waals surface area contributed by atoms with Crippen LogP contribution >= 0.6 is 22.6 Å². The number of halogens is 1. The number of hydrogen-bond acceptors (Lipinski definition) is 2. The fourth-order valence-corrected chi connectivity index (χ4v) is 2.67. The number of hydrogen-bond donors (Lipinski definition) is 1. The van der Waals surface area contributed by atoms with Gasteiger partial charge in [0.1, 0.15) is 6.10 Å². The largest absolute Gasteiger partial charge is 0.382 e. The van der Waals surface area contributed by atoms with Crippen molar-refractivity contribution in [1.82, 2.24) is 9.78 Å². The van der Waals surface area contributed by atoms with Gasteiger partial charge < -0.3 is 5.11 Å². The number of aliphatic hydroxyl groups excluding tert-OH is 1. The summed E-state index contributed by atoms with van der Waals surface area (Å²) in [6.07, 6.45) is 2.15. The summed E-state index contributed by atoms with van der Waals surface area (Å²) in [6.45, 7) is 5.00. The summed E-state index contributed by atoms with van der Waals surface area (Å²) >= 11 is 2.29. The van der Waals surface area contributed by atoms with E-state index in [1.54, 1.807) is 6.20 Å². The van der Waals surface area contributed by atoms with Crippen molar-refractivity contribution >= 4 is 22.6 Å². The molecule has 0 saturated heterocycles. The van der Waals surface area contributed by atoms with Crippen molar-refractivity contribution in [1.29, 1.82) is 0 Å². The maximum Gasteiger partial charge on any atom is 0.122 e.